The summed E-state index contributed by atoms with van der Waals surface area (Å²) >= 11 is 1.63. The average molecular weight is 297 g/mol. The second-order valence-corrected chi connectivity index (χ2v) is 5.77. The Morgan fingerprint density at radius 1 is 1.14 bits per heavy atom. The van der Waals surface area contributed by atoms with Crippen molar-refractivity contribution in [1.82, 2.24) is 4.98 Å². The lowest BCUT2D eigenvalue weighted by molar-refractivity contribution is -0.139. The fraction of sp³-hybridized carbons (Fsp3) is 0.118. The Morgan fingerprint density at radius 3 is 2.71 bits per heavy atom. The van der Waals surface area contributed by atoms with Gasteiger partial charge < -0.3 is 9.72 Å². The van der Waals surface area contributed by atoms with Crippen molar-refractivity contribution >= 4 is 28.6 Å². The topological polar surface area (TPSA) is 42.1 Å². The minimum absolute atomic E-state index is 0.223. The molecule has 106 valence electrons. The summed E-state index contributed by atoms with van der Waals surface area (Å²) in [6.07, 6.45) is 0.292. The third-order valence-corrected chi connectivity index (χ3v) is 4.32. The van der Waals surface area contributed by atoms with Crippen LogP contribution in [0.25, 0.3) is 10.9 Å². The number of carbonyl (C=O) groups excluding carboxylic acids is 1. The van der Waals surface area contributed by atoms with Crippen LogP contribution in [0.4, 0.5) is 0 Å². The highest BCUT2D eigenvalue weighted by molar-refractivity contribution is 7.99. The van der Waals surface area contributed by atoms with Crippen molar-refractivity contribution in [3.05, 3.63) is 60.2 Å². The molecule has 3 rings (SSSR count). The monoisotopic (exact) mass is 297 g/mol. The van der Waals surface area contributed by atoms with E-state index in [4.69, 9.17) is 4.74 Å². The Kier molecular flexibility index (Phi) is 3.97. The molecule has 0 bridgehead atoms. The zero-order chi connectivity index (χ0) is 14.7. The van der Waals surface area contributed by atoms with Crippen LogP contribution in [0.3, 0.4) is 0 Å². The second kappa shape index (κ2) is 6.06. The zero-order valence-corrected chi connectivity index (χ0v) is 12.4. The van der Waals surface area contributed by atoms with Crippen molar-refractivity contribution in [3.63, 3.8) is 0 Å². The number of esters is 1. The fourth-order valence-corrected chi connectivity index (χ4v) is 3.20. The number of nitrogens with one attached hydrogen (secondary N) is 1. The SMILES string of the molecule is COC(=O)Cc1ccccc1Sc1cc2ccccc2[nH]1. The molecule has 1 N–H and O–H groups in total. The van der Waals surface area contributed by atoms with Crippen molar-refractivity contribution < 1.29 is 9.53 Å². The highest BCUT2D eigenvalue weighted by atomic mass is 32.2. The fourth-order valence-electron chi connectivity index (χ4n) is 2.20. The Hall–Kier alpha value is -2.20. The number of carbonyl (C=O) groups is 1. The van der Waals surface area contributed by atoms with Gasteiger partial charge in [-0.25, -0.2) is 0 Å². The number of para-hydroxylation sites is 1. The van der Waals surface area contributed by atoms with E-state index < -0.39 is 0 Å². The molecule has 0 aliphatic carbocycles. The molecular weight excluding hydrogens is 282 g/mol. The van der Waals surface area contributed by atoms with Crippen molar-refractivity contribution in [2.45, 2.75) is 16.3 Å². The smallest absolute Gasteiger partial charge is 0.310 e. The first-order valence-corrected chi connectivity index (χ1v) is 7.48. The van der Waals surface area contributed by atoms with Gasteiger partial charge in [-0.2, -0.15) is 0 Å². The van der Waals surface area contributed by atoms with Gasteiger partial charge in [-0.15, -0.1) is 0 Å². The molecule has 0 unspecified atom stereocenters. The molecule has 2 aromatic carbocycles. The largest absolute Gasteiger partial charge is 0.469 e. The molecule has 0 saturated carbocycles. The number of hydrogen-bond donors (Lipinski definition) is 1. The highest BCUT2D eigenvalue weighted by Gasteiger charge is 2.10. The van der Waals surface area contributed by atoms with Crippen LogP contribution in [0.2, 0.25) is 0 Å². The van der Waals surface area contributed by atoms with Crippen LogP contribution < -0.4 is 0 Å². The minimum atomic E-state index is -0.223. The molecule has 0 amide bonds. The van der Waals surface area contributed by atoms with E-state index in [1.54, 1.807) is 11.8 Å². The van der Waals surface area contributed by atoms with Gasteiger partial charge in [-0.1, -0.05) is 48.2 Å². The summed E-state index contributed by atoms with van der Waals surface area (Å²) in [5.41, 5.74) is 2.10. The van der Waals surface area contributed by atoms with E-state index in [0.29, 0.717) is 6.42 Å². The number of aromatic amines is 1. The Labute approximate surface area is 127 Å². The maximum Gasteiger partial charge on any atom is 0.310 e. The van der Waals surface area contributed by atoms with Gasteiger partial charge in [0.15, 0.2) is 0 Å². The van der Waals surface area contributed by atoms with Gasteiger partial charge in [0.25, 0.3) is 0 Å². The normalized spacial score (nSPS) is 10.7. The number of H-pyrrole nitrogens is 1. The third-order valence-electron chi connectivity index (χ3n) is 3.26. The molecule has 0 aliphatic rings. The van der Waals surface area contributed by atoms with E-state index in [0.717, 1.165) is 21.0 Å². The van der Waals surface area contributed by atoms with Crippen LogP contribution in [-0.4, -0.2) is 18.1 Å². The summed E-state index contributed by atoms with van der Waals surface area (Å²) in [5, 5.41) is 2.25. The molecule has 4 heteroatoms. The van der Waals surface area contributed by atoms with E-state index in [1.165, 1.54) is 12.5 Å². The maximum atomic E-state index is 11.5. The lowest BCUT2D eigenvalue weighted by atomic mass is 10.1. The standard InChI is InChI=1S/C17H15NO2S/c1-20-17(19)11-13-7-3-5-9-15(13)21-16-10-12-6-2-4-8-14(12)18-16/h2-10,18H,11H2,1H3. The van der Waals surface area contributed by atoms with Gasteiger partial charge in [0, 0.05) is 15.8 Å². The molecular formula is C17H15NO2S. The number of fused-ring (bicyclic) bond motifs is 1. The molecule has 0 radical (unpaired) electrons. The van der Waals surface area contributed by atoms with Crippen molar-refractivity contribution in [3.8, 4) is 0 Å². The molecule has 1 heterocycles. The Balaban J connectivity index is 1.88. The number of benzene rings is 2. The predicted octanol–water partition coefficient (Wildman–Crippen LogP) is 4.03. The summed E-state index contributed by atoms with van der Waals surface area (Å²) in [6, 6.07) is 18.2. The minimum Gasteiger partial charge on any atom is -0.469 e. The molecule has 3 aromatic rings. The zero-order valence-electron chi connectivity index (χ0n) is 11.6. The summed E-state index contributed by atoms with van der Waals surface area (Å²) < 4.78 is 4.75. The number of hydrogen-bond acceptors (Lipinski definition) is 3. The van der Waals surface area contributed by atoms with Crippen LogP contribution in [0.5, 0.6) is 0 Å². The highest BCUT2D eigenvalue weighted by Crippen LogP contribution is 2.32. The Morgan fingerprint density at radius 2 is 1.90 bits per heavy atom. The first-order chi connectivity index (χ1) is 10.3. The number of rotatable bonds is 4. The molecule has 0 fully saturated rings. The Bertz CT molecular complexity index is 746. The summed E-state index contributed by atoms with van der Waals surface area (Å²) in [5.74, 6) is -0.223. The van der Waals surface area contributed by atoms with E-state index in [1.807, 2.05) is 36.4 Å². The first-order valence-electron chi connectivity index (χ1n) is 6.66. The van der Waals surface area contributed by atoms with E-state index in [2.05, 4.69) is 23.2 Å². The lowest BCUT2D eigenvalue weighted by Gasteiger charge is -2.06. The van der Waals surface area contributed by atoms with Crippen molar-refractivity contribution in [1.29, 1.82) is 0 Å². The van der Waals surface area contributed by atoms with Gasteiger partial charge in [0.1, 0.15) is 0 Å². The summed E-state index contributed by atoms with van der Waals surface area (Å²) in [6.45, 7) is 0. The number of ether oxygens (including phenoxy) is 1. The van der Waals surface area contributed by atoms with Gasteiger partial charge in [-0.3, -0.25) is 4.79 Å². The van der Waals surface area contributed by atoms with Crippen LogP contribution in [0.15, 0.2) is 64.5 Å². The maximum absolute atomic E-state index is 11.5. The summed E-state index contributed by atoms with van der Waals surface area (Å²) in [4.78, 5) is 15.9. The van der Waals surface area contributed by atoms with Crippen LogP contribution in [0.1, 0.15) is 5.56 Å². The molecule has 0 spiro atoms. The summed E-state index contributed by atoms with van der Waals surface area (Å²) in [7, 11) is 1.41. The second-order valence-electron chi connectivity index (χ2n) is 4.68. The molecule has 21 heavy (non-hydrogen) atoms. The quantitative estimate of drug-likeness (QED) is 0.739. The van der Waals surface area contributed by atoms with Crippen molar-refractivity contribution in [2.75, 3.05) is 7.11 Å². The molecule has 0 atom stereocenters. The molecule has 0 aliphatic heterocycles. The van der Waals surface area contributed by atoms with Gasteiger partial charge in [-0.05, 0) is 23.8 Å². The van der Waals surface area contributed by atoms with Crippen LogP contribution >= 0.6 is 11.8 Å². The lowest BCUT2D eigenvalue weighted by Crippen LogP contribution is -2.05. The van der Waals surface area contributed by atoms with Crippen LogP contribution in [0, 0.1) is 0 Å². The number of methoxy groups -OCH3 is 1. The van der Waals surface area contributed by atoms with Gasteiger partial charge in [0.05, 0.1) is 18.6 Å². The third kappa shape index (κ3) is 3.11. The molecule has 3 nitrogen and oxygen atoms in total. The van der Waals surface area contributed by atoms with E-state index in [9.17, 15) is 4.79 Å². The number of aromatic nitrogens is 1. The molecule has 1 aromatic heterocycles. The molecule has 0 saturated heterocycles. The van der Waals surface area contributed by atoms with Crippen LogP contribution in [-0.2, 0) is 16.0 Å². The first kappa shape index (κ1) is 13.8. The van der Waals surface area contributed by atoms with E-state index in [-0.39, 0.29) is 5.97 Å². The van der Waals surface area contributed by atoms with Crippen molar-refractivity contribution in [2.24, 2.45) is 0 Å². The van der Waals surface area contributed by atoms with E-state index >= 15 is 0 Å². The predicted molar refractivity (Wildman–Crippen MR) is 84.6 cm³/mol. The van der Waals surface area contributed by atoms with Gasteiger partial charge in [0.2, 0.25) is 0 Å². The average Bonchev–Trinajstić information content (AvgIpc) is 2.91. The van der Waals surface area contributed by atoms with Gasteiger partial charge >= 0.3 is 5.97 Å².